The van der Waals surface area contributed by atoms with Gasteiger partial charge in [-0.25, -0.2) is 8.78 Å². The molecule has 0 aliphatic heterocycles. The Morgan fingerprint density at radius 2 is 1.90 bits per heavy atom. The Bertz CT molecular complexity index is 662. The molecule has 0 fully saturated rings. The molecule has 2 aromatic carbocycles. The van der Waals surface area contributed by atoms with Gasteiger partial charge in [0.1, 0.15) is 11.6 Å². The van der Waals surface area contributed by atoms with Crippen LogP contribution < -0.4 is 10.5 Å². The van der Waals surface area contributed by atoms with Crippen LogP contribution in [0.5, 0.6) is 11.5 Å². The summed E-state index contributed by atoms with van der Waals surface area (Å²) in [6.07, 6.45) is 0. The molecule has 0 aliphatic rings. The van der Waals surface area contributed by atoms with Gasteiger partial charge in [0.15, 0.2) is 11.6 Å². The standard InChI is InChI=1S/C13H10F2N2O3/c14-10-2-1-3-12(9(10)7-16)20-13-5-4-8(17(18)19)6-11(13)15/h1-6H,7,16H2. The summed E-state index contributed by atoms with van der Waals surface area (Å²) in [6.45, 7) is -0.114. The molecular weight excluding hydrogens is 270 g/mol. The summed E-state index contributed by atoms with van der Waals surface area (Å²) < 4.78 is 32.4. The zero-order chi connectivity index (χ0) is 14.7. The molecule has 2 aromatic rings. The van der Waals surface area contributed by atoms with Crippen LogP contribution in [0, 0.1) is 21.7 Å². The Morgan fingerprint density at radius 3 is 2.50 bits per heavy atom. The summed E-state index contributed by atoms with van der Waals surface area (Å²) in [5, 5.41) is 10.5. The van der Waals surface area contributed by atoms with Gasteiger partial charge >= 0.3 is 0 Å². The number of benzene rings is 2. The number of hydrogen-bond donors (Lipinski definition) is 1. The minimum Gasteiger partial charge on any atom is -0.454 e. The molecule has 0 saturated carbocycles. The lowest BCUT2D eigenvalue weighted by Crippen LogP contribution is -2.03. The highest BCUT2D eigenvalue weighted by molar-refractivity contribution is 5.42. The molecule has 2 N–H and O–H groups in total. The van der Waals surface area contributed by atoms with Crippen LogP contribution in [0.15, 0.2) is 36.4 Å². The third-order valence-corrected chi connectivity index (χ3v) is 2.63. The summed E-state index contributed by atoms with van der Waals surface area (Å²) in [5.41, 5.74) is 5.11. The normalized spacial score (nSPS) is 10.3. The summed E-state index contributed by atoms with van der Waals surface area (Å²) in [4.78, 5) is 9.78. The number of ether oxygens (including phenoxy) is 1. The molecule has 0 aromatic heterocycles. The Morgan fingerprint density at radius 1 is 1.15 bits per heavy atom. The van der Waals surface area contributed by atoms with Crippen molar-refractivity contribution in [3.63, 3.8) is 0 Å². The monoisotopic (exact) mass is 280 g/mol. The fraction of sp³-hybridized carbons (Fsp3) is 0.0769. The van der Waals surface area contributed by atoms with E-state index in [1.54, 1.807) is 0 Å². The van der Waals surface area contributed by atoms with E-state index in [0.717, 1.165) is 18.2 Å². The second-order valence-electron chi connectivity index (χ2n) is 3.89. The minimum atomic E-state index is -0.911. The molecule has 20 heavy (non-hydrogen) atoms. The number of non-ortho nitro benzene ring substituents is 1. The first kappa shape index (κ1) is 13.9. The number of nitro benzene ring substituents is 1. The van der Waals surface area contributed by atoms with Crippen LogP contribution in [-0.4, -0.2) is 4.92 Å². The first-order valence-corrected chi connectivity index (χ1v) is 5.62. The molecule has 0 aliphatic carbocycles. The lowest BCUT2D eigenvalue weighted by atomic mass is 10.2. The predicted molar refractivity (Wildman–Crippen MR) is 67.4 cm³/mol. The van der Waals surface area contributed by atoms with E-state index in [9.17, 15) is 18.9 Å². The highest BCUT2D eigenvalue weighted by Crippen LogP contribution is 2.30. The number of rotatable bonds is 4. The number of nitro groups is 1. The van der Waals surface area contributed by atoms with Gasteiger partial charge in [-0.05, 0) is 18.2 Å². The first-order chi connectivity index (χ1) is 9.52. The molecule has 2 rings (SSSR count). The van der Waals surface area contributed by atoms with Crippen molar-refractivity contribution in [2.45, 2.75) is 6.54 Å². The van der Waals surface area contributed by atoms with E-state index in [2.05, 4.69) is 0 Å². The van der Waals surface area contributed by atoms with Gasteiger partial charge in [0.2, 0.25) is 0 Å². The number of hydrogen-bond acceptors (Lipinski definition) is 4. The van der Waals surface area contributed by atoms with Crippen LogP contribution in [0.3, 0.4) is 0 Å². The smallest absolute Gasteiger partial charge is 0.272 e. The largest absolute Gasteiger partial charge is 0.454 e. The van der Waals surface area contributed by atoms with Crippen LogP contribution in [0.1, 0.15) is 5.56 Å². The van der Waals surface area contributed by atoms with Crippen molar-refractivity contribution in [2.24, 2.45) is 5.73 Å². The van der Waals surface area contributed by atoms with Gasteiger partial charge in [-0.1, -0.05) is 6.07 Å². The van der Waals surface area contributed by atoms with Crippen molar-refractivity contribution in [3.8, 4) is 11.5 Å². The third-order valence-electron chi connectivity index (χ3n) is 2.63. The van der Waals surface area contributed by atoms with Gasteiger partial charge in [-0.2, -0.15) is 0 Å². The maximum Gasteiger partial charge on any atom is 0.272 e. The maximum atomic E-state index is 13.7. The van der Waals surface area contributed by atoms with E-state index in [1.165, 1.54) is 18.2 Å². The Kier molecular flexibility index (Phi) is 3.90. The van der Waals surface area contributed by atoms with Crippen LogP contribution in [-0.2, 0) is 6.54 Å². The van der Waals surface area contributed by atoms with Crippen LogP contribution in [0.4, 0.5) is 14.5 Å². The zero-order valence-electron chi connectivity index (χ0n) is 10.2. The highest BCUT2D eigenvalue weighted by atomic mass is 19.1. The van der Waals surface area contributed by atoms with Crippen molar-refractivity contribution in [3.05, 3.63) is 63.7 Å². The van der Waals surface area contributed by atoms with Gasteiger partial charge in [-0.15, -0.1) is 0 Å². The molecule has 0 heterocycles. The van der Waals surface area contributed by atoms with E-state index >= 15 is 0 Å². The number of nitrogens with zero attached hydrogens (tertiary/aromatic N) is 1. The maximum absolute atomic E-state index is 13.7. The van der Waals surface area contributed by atoms with Crippen LogP contribution in [0.2, 0.25) is 0 Å². The van der Waals surface area contributed by atoms with Gasteiger partial charge < -0.3 is 10.5 Å². The minimum absolute atomic E-state index is 0.0697. The Hall–Kier alpha value is -2.54. The highest BCUT2D eigenvalue weighted by Gasteiger charge is 2.14. The van der Waals surface area contributed by atoms with Crippen molar-refractivity contribution < 1.29 is 18.4 Å². The quantitative estimate of drug-likeness (QED) is 0.689. The van der Waals surface area contributed by atoms with Crippen molar-refractivity contribution >= 4 is 5.69 Å². The molecule has 0 saturated heterocycles. The Labute approximate surface area is 112 Å². The van der Waals surface area contributed by atoms with Gasteiger partial charge in [-0.3, -0.25) is 10.1 Å². The summed E-state index contributed by atoms with van der Waals surface area (Å²) in [6, 6.07) is 6.98. The number of halogens is 2. The molecule has 0 spiro atoms. The van der Waals surface area contributed by atoms with Crippen molar-refractivity contribution in [1.29, 1.82) is 0 Å². The fourth-order valence-corrected chi connectivity index (χ4v) is 1.64. The lowest BCUT2D eigenvalue weighted by molar-refractivity contribution is -0.385. The molecule has 5 nitrogen and oxygen atoms in total. The molecule has 0 radical (unpaired) electrons. The topological polar surface area (TPSA) is 78.4 Å². The summed E-state index contributed by atoms with van der Waals surface area (Å²) >= 11 is 0. The summed E-state index contributed by atoms with van der Waals surface area (Å²) in [5.74, 6) is -1.64. The van der Waals surface area contributed by atoms with E-state index in [1.807, 2.05) is 0 Å². The number of nitrogens with two attached hydrogens (primary N) is 1. The van der Waals surface area contributed by atoms with E-state index in [4.69, 9.17) is 10.5 Å². The third kappa shape index (κ3) is 2.72. The van der Waals surface area contributed by atoms with Gasteiger partial charge in [0, 0.05) is 18.2 Å². The van der Waals surface area contributed by atoms with Crippen LogP contribution >= 0.6 is 0 Å². The molecule has 0 amide bonds. The van der Waals surface area contributed by atoms with Gasteiger partial charge in [0.25, 0.3) is 5.69 Å². The zero-order valence-corrected chi connectivity index (χ0v) is 10.2. The predicted octanol–water partition coefficient (Wildman–Crippen LogP) is 3.12. The van der Waals surface area contributed by atoms with Crippen molar-refractivity contribution in [2.75, 3.05) is 0 Å². The Balaban J connectivity index is 2.36. The van der Waals surface area contributed by atoms with E-state index in [0.29, 0.717) is 0 Å². The van der Waals surface area contributed by atoms with Crippen LogP contribution in [0.25, 0.3) is 0 Å². The average molecular weight is 280 g/mol. The molecular formula is C13H10F2N2O3. The fourth-order valence-electron chi connectivity index (χ4n) is 1.64. The molecule has 0 unspecified atom stereocenters. The first-order valence-electron chi connectivity index (χ1n) is 5.62. The van der Waals surface area contributed by atoms with E-state index < -0.39 is 22.2 Å². The molecule has 0 atom stereocenters. The summed E-state index contributed by atoms with van der Waals surface area (Å²) in [7, 11) is 0. The molecule has 104 valence electrons. The SMILES string of the molecule is NCc1c(F)cccc1Oc1ccc([N+](=O)[O-])cc1F. The lowest BCUT2D eigenvalue weighted by Gasteiger charge is -2.11. The molecule has 7 heteroatoms. The van der Waals surface area contributed by atoms with Gasteiger partial charge in [0.05, 0.1) is 11.0 Å². The average Bonchev–Trinajstić information content (AvgIpc) is 2.41. The second kappa shape index (κ2) is 5.62. The van der Waals surface area contributed by atoms with Crippen molar-refractivity contribution in [1.82, 2.24) is 0 Å². The second-order valence-corrected chi connectivity index (χ2v) is 3.89. The molecule has 0 bridgehead atoms. The van der Waals surface area contributed by atoms with E-state index in [-0.39, 0.29) is 23.6 Å².